The van der Waals surface area contributed by atoms with Crippen LogP contribution in [0, 0.1) is 6.92 Å². The molecule has 0 amide bonds. The van der Waals surface area contributed by atoms with Gasteiger partial charge < -0.3 is 4.98 Å². The fraction of sp³-hybridized carbons (Fsp3) is 0.0588. The van der Waals surface area contributed by atoms with Crippen LogP contribution in [0.5, 0.6) is 0 Å². The highest BCUT2D eigenvalue weighted by atomic mass is 32.2. The van der Waals surface area contributed by atoms with E-state index in [0.29, 0.717) is 5.69 Å². The topological polar surface area (TPSA) is 62.0 Å². The van der Waals surface area contributed by atoms with Crippen molar-refractivity contribution < 1.29 is 8.42 Å². The molecule has 0 aliphatic carbocycles. The molecule has 4 nitrogen and oxygen atoms in total. The van der Waals surface area contributed by atoms with Crippen molar-refractivity contribution >= 4 is 15.7 Å². The van der Waals surface area contributed by atoms with Gasteiger partial charge in [0.05, 0.1) is 10.6 Å². The molecule has 1 heterocycles. The van der Waals surface area contributed by atoms with Gasteiger partial charge in [-0.05, 0) is 31.2 Å². The van der Waals surface area contributed by atoms with Crippen molar-refractivity contribution in [1.82, 2.24) is 4.98 Å². The van der Waals surface area contributed by atoms with Crippen LogP contribution in [-0.4, -0.2) is 13.4 Å². The van der Waals surface area contributed by atoms with Crippen LogP contribution < -0.4 is 4.72 Å². The molecule has 0 fully saturated rings. The fourth-order valence-electron chi connectivity index (χ4n) is 2.24. The lowest BCUT2D eigenvalue weighted by Crippen LogP contribution is -2.13. The smallest absolute Gasteiger partial charge is 0.261 e. The molecule has 0 aliphatic rings. The van der Waals surface area contributed by atoms with Gasteiger partial charge in [-0.2, -0.15) is 0 Å². The number of aryl methyl sites for hydroxylation is 1. The van der Waals surface area contributed by atoms with Crippen molar-refractivity contribution in [3.8, 4) is 11.1 Å². The molecule has 0 bridgehead atoms. The molecular weight excluding hydrogens is 296 g/mol. The Morgan fingerprint density at radius 2 is 1.68 bits per heavy atom. The maximum atomic E-state index is 12.5. The summed E-state index contributed by atoms with van der Waals surface area (Å²) < 4.78 is 27.7. The summed E-state index contributed by atoms with van der Waals surface area (Å²) in [5.41, 5.74) is 3.34. The molecule has 0 unspecified atom stereocenters. The summed E-state index contributed by atoms with van der Waals surface area (Å²) >= 11 is 0. The number of para-hydroxylation sites is 1. The minimum absolute atomic E-state index is 0.252. The average molecular weight is 312 g/mol. The summed E-state index contributed by atoms with van der Waals surface area (Å²) in [7, 11) is -3.60. The minimum atomic E-state index is -3.60. The van der Waals surface area contributed by atoms with E-state index in [9.17, 15) is 8.42 Å². The monoisotopic (exact) mass is 312 g/mol. The second-order valence-corrected chi connectivity index (χ2v) is 6.75. The number of aromatic amines is 1. The molecule has 112 valence electrons. The molecule has 0 radical (unpaired) electrons. The predicted octanol–water partition coefficient (Wildman–Crippen LogP) is 3.79. The van der Waals surface area contributed by atoms with E-state index in [1.165, 1.54) is 0 Å². The molecule has 0 atom stereocenters. The summed E-state index contributed by atoms with van der Waals surface area (Å²) in [6, 6.07) is 16.0. The largest absolute Gasteiger partial charge is 0.367 e. The molecule has 0 saturated carbocycles. The third-order valence-electron chi connectivity index (χ3n) is 3.41. The second-order valence-electron chi connectivity index (χ2n) is 5.06. The molecule has 0 aliphatic heterocycles. The van der Waals surface area contributed by atoms with Crippen LogP contribution in [0.1, 0.15) is 5.56 Å². The Morgan fingerprint density at radius 3 is 2.36 bits per heavy atom. The molecule has 3 rings (SSSR count). The number of anilines is 1. The van der Waals surface area contributed by atoms with Gasteiger partial charge in [0.15, 0.2) is 0 Å². The quantitative estimate of drug-likeness (QED) is 0.770. The summed E-state index contributed by atoms with van der Waals surface area (Å²) in [6.45, 7) is 1.92. The highest BCUT2D eigenvalue weighted by Gasteiger charge is 2.16. The van der Waals surface area contributed by atoms with Gasteiger partial charge in [0, 0.05) is 23.5 Å². The zero-order chi connectivity index (χ0) is 15.6. The minimum Gasteiger partial charge on any atom is -0.367 e. The van der Waals surface area contributed by atoms with Gasteiger partial charge in [0.2, 0.25) is 0 Å². The molecule has 5 heteroatoms. The molecule has 3 aromatic rings. The Hall–Kier alpha value is -2.53. The molecule has 0 saturated heterocycles. The van der Waals surface area contributed by atoms with Gasteiger partial charge in [0.25, 0.3) is 10.0 Å². The van der Waals surface area contributed by atoms with E-state index in [0.717, 1.165) is 16.7 Å². The third kappa shape index (κ3) is 2.89. The van der Waals surface area contributed by atoms with Crippen LogP contribution in [0.2, 0.25) is 0 Å². The van der Waals surface area contributed by atoms with Gasteiger partial charge in [-0.1, -0.05) is 35.9 Å². The summed E-state index contributed by atoms with van der Waals surface area (Å²) in [4.78, 5) is 3.23. The molecule has 22 heavy (non-hydrogen) atoms. The molecular formula is C17H16N2O2S. The number of hydrogen-bond acceptors (Lipinski definition) is 2. The van der Waals surface area contributed by atoms with E-state index in [-0.39, 0.29) is 4.90 Å². The lowest BCUT2D eigenvalue weighted by Gasteiger charge is -2.12. The summed E-state index contributed by atoms with van der Waals surface area (Å²) in [6.07, 6.45) is 3.64. The maximum Gasteiger partial charge on any atom is 0.261 e. The van der Waals surface area contributed by atoms with E-state index >= 15 is 0 Å². The fourth-order valence-corrected chi connectivity index (χ4v) is 3.32. The molecule has 0 spiro atoms. The van der Waals surface area contributed by atoms with Crippen LogP contribution in [-0.2, 0) is 10.0 Å². The summed E-state index contributed by atoms with van der Waals surface area (Å²) in [5, 5.41) is 0. The lowest BCUT2D eigenvalue weighted by atomic mass is 10.1. The number of sulfonamides is 1. The number of nitrogens with one attached hydrogen (secondary N) is 2. The maximum absolute atomic E-state index is 12.5. The van der Waals surface area contributed by atoms with E-state index in [1.54, 1.807) is 36.5 Å². The Morgan fingerprint density at radius 1 is 0.955 bits per heavy atom. The van der Waals surface area contributed by atoms with Crippen LogP contribution in [0.25, 0.3) is 11.1 Å². The van der Waals surface area contributed by atoms with E-state index in [2.05, 4.69) is 9.71 Å². The molecule has 2 aromatic carbocycles. The first-order valence-electron chi connectivity index (χ1n) is 6.88. The van der Waals surface area contributed by atoms with Crippen LogP contribution in [0.4, 0.5) is 5.69 Å². The van der Waals surface area contributed by atoms with Crippen molar-refractivity contribution in [3.63, 3.8) is 0 Å². The number of rotatable bonds is 4. The van der Waals surface area contributed by atoms with Crippen molar-refractivity contribution in [1.29, 1.82) is 0 Å². The first kappa shape index (κ1) is 14.4. The van der Waals surface area contributed by atoms with Gasteiger partial charge in [-0.15, -0.1) is 0 Å². The zero-order valence-electron chi connectivity index (χ0n) is 12.1. The van der Waals surface area contributed by atoms with Gasteiger partial charge in [-0.3, -0.25) is 4.72 Å². The van der Waals surface area contributed by atoms with E-state index in [4.69, 9.17) is 0 Å². The number of aromatic nitrogens is 1. The van der Waals surface area contributed by atoms with Crippen molar-refractivity contribution in [2.24, 2.45) is 0 Å². The standard InChI is InChI=1S/C17H16N2O2S/c1-13-6-8-15(9-7-13)22(20,21)19-17-5-3-2-4-16(17)14-10-11-18-12-14/h2-12,18-19H,1H3. The molecule has 1 aromatic heterocycles. The first-order chi connectivity index (χ1) is 10.6. The van der Waals surface area contributed by atoms with E-state index < -0.39 is 10.0 Å². The number of hydrogen-bond donors (Lipinski definition) is 2. The van der Waals surface area contributed by atoms with Gasteiger partial charge >= 0.3 is 0 Å². The Bertz CT molecular complexity index is 867. The van der Waals surface area contributed by atoms with Crippen molar-refractivity contribution in [2.75, 3.05) is 4.72 Å². The molecule has 2 N–H and O–H groups in total. The highest BCUT2D eigenvalue weighted by Crippen LogP contribution is 2.29. The normalized spacial score (nSPS) is 11.3. The van der Waals surface area contributed by atoms with Gasteiger partial charge in [-0.25, -0.2) is 8.42 Å². The highest BCUT2D eigenvalue weighted by molar-refractivity contribution is 7.92. The SMILES string of the molecule is Cc1ccc(S(=O)(=O)Nc2ccccc2-c2cc[nH]c2)cc1. The lowest BCUT2D eigenvalue weighted by molar-refractivity contribution is 0.601. The van der Waals surface area contributed by atoms with Crippen LogP contribution in [0.3, 0.4) is 0 Å². The van der Waals surface area contributed by atoms with E-state index in [1.807, 2.05) is 37.4 Å². The Balaban J connectivity index is 1.98. The second kappa shape index (κ2) is 5.69. The average Bonchev–Trinajstić information content (AvgIpc) is 3.02. The van der Waals surface area contributed by atoms with Crippen molar-refractivity contribution in [3.05, 3.63) is 72.6 Å². The number of H-pyrrole nitrogens is 1. The van der Waals surface area contributed by atoms with Crippen LogP contribution in [0.15, 0.2) is 71.9 Å². The Labute approximate surface area is 129 Å². The van der Waals surface area contributed by atoms with Crippen molar-refractivity contribution in [2.45, 2.75) is 11.8 Å². The zero-order valence-corrected chi connectivity index (χ0v) is 12.9. The summed E-state index contributed by atoms with van der Waals surface area (Å²) in [5.74, 6) is 0. The Kier molecular flexibility index (Phi) is 3.73. The van der Waals surface area contributed by atoms with Gasteiger partial charge in [0.1, 0.15) is 0 Å². The third-order valence-corrected chi connectivity index (χ3v) is 4.79. The predicted molar refractivity (Wildman–Crippen MR) is 88.2 cm³/mol. The first-order valence-corrected chi connectivity index (χ1v) is 8.36. The number of benzene rings is 2. The van der Waals surface area contributed by atoms with Crippen LogP contribution >= 0.6 is 0 Å².